The highest BCUT2D eigenvalue weighted by Crippen LogP contribution is 2.41. The van der Waals surface area contributed by atoms with Crippen LogP contribution in [0, 0.1) is 11.8 Å². The molecule has 0 N–H and O–H groups in total. The molecule has 0 unspecified atom stereocenters. The van der Waals surface area contributed by atoms with Gasteiger partial charge in [-0.15, -0.1) is 0 Å². The predicted molar refractivity (Wildman–Crippen MR) is 68.4 cm³/mol. The molecule has 0 saturated heterocycles. The normalized spacial score (nSPS) is 30.2. The van der Waals surface area contributed by atoms with Gasteiger partial charge in [0.05, 0.1) is 0 Å². The van der Waals surface area contributed by atoms with Gasteiger partial charge in [0, 0.05) is 6.42 Å². The quantitative estimate of drug-likeness (QED) is 0.571. The van der Waals surface area contributed by atoms with Crippen molar-refractivity contribution >= 4 is 28.4 Å². The Hall–Kier alpha value is -0.120. The SMILES string of the molecule is C=CC(=O)C[C@H]1/C(=C(/C)I)CC[C@@H]1C. The van der Waals surface area contributed by atoms with Crippen LogP contribution >= 0.6 is 22.6 Å². The van der Waals surface area contributed by atoms with Crippen molar-refractivity contribution < 1.29 is 4.79 Å². The molecule has 1 nitrogen and oxygen atoms in total. The van der Waals surface area contributed by atoms with Gasteiger partial charge in [-0.2, -0.15) is 0 Å². The number of halogens is 1. The maximum atomic E-state index is 11.3. The van der Waals surface area contributed by atoms with Crippen LogP contribution in [0.5, 0.6) is 0 Å². The van der Waals surface area contributed by atoms with Gasteiger partial charge in [0.2, 0.25) is 0 Å². The van der Waals surface area contributed by atoms with Gasteiger partial charge in [-0.3, -0.25) is 4.79 Å². The summed E-state index contributed by atoms with van der Waals surface area (Å²) in [7, 11) is 0. The van der Waals surface area contributed by atoms with Crippen LogP contribution in [0.1, 0.15) is 33.1 Å². The Balaban J connectivity index is 2.78. The standard InChI is InChI=1S/C12H17IO/c1-4-10(14)7-12-8(2)5-6-11(12)9(3)13/h4,8,12H,1,5-7H2,2-3H3/b11-9-/t8-,12+/m0/s1. The molecule has 2 atom stereocenters. The van der Waals surface area contributed by atoms with Crippen molar-refractivity contribution in [2.24, 2.45) is 11.8 Å². The summed E-state index contributed by atoms with van der Waals surface area (Å²) in [5.41, 5.74) is 1.49. The third kappa shape index (κ3) is 2.69. The highest BCUT2D eigenvalue weighted by Gasteiger charge is 2.30. The second-order valence-corrected chi connectivity index (χ2v) is 5.67. The summed E-state index contributed by atoms with van der Waals surface area (Å²) in [6.07, 6.45) is 4.50. The maximum absolute atomic E-state index is 11.3. The average Bonchev–Trinajstić information content (AvgIpc) is 2.48. The zero-order valence-electron chi connectivity index (χ0n) is 8.85. The van der Waals surface area contributed by atoms with Crippen molar-refractivity contribution in [2.75, 3.05) is 0 Å². The van der Waals surface area contributed by atoms with Crippen molar-refractivity contribution in [3.63, 3.8) is 0 Å². The van der Waals surface area contributed by atoms with Crippen LogP contribution in [0.2, 0.25) is 0 Å². The number of hydrogen-bond acceptors (Lipinski definition) is 1. The molecule has 1 saturated carbocycles. The Morgan fingerprint density at radius 3 is 2.86 bits per heavy atom. The fourth-order valence-electron chi connectivity index (χ4n) is 2.17. The Morgan fingerprint density at radius 2 is 2.36 bits per heavy atom. The molecule has 0 radical (unpaired) electrons. The molecule has 0 amide bonds. The van der Waals surface area contributed by atoms with E-state index in [4.69, 9.17) is 0 Å². The van der Waals surface area contributed by atoms with Crippen molar-refractivity contribution in [1.82, 2.24) is 0 Å². The first-order valence-electron chi connectivity index (χ1n) is 5.06. The highest BCUT2D eigenvalue weighted by molar-refractivity contribution is 14.1. The van der Waals surface area contributed by atoms with Crippen LogP contribution in [0.3, 0.4) is 0 Å². The lowest BCUT2D eigenvalue weighted by molar-refractivity contribution is -0.115. The van der Waals surface area contributed by atoms with Crippen LogP contribution in [0.25, 0.3) is 0 Å². The summed E-state index contributed by atoms with van der Waals surface area (Å²) >= 11 is 2.37. The van der Waals surface area contributed by atoms with Crippen molar-refractivity contribution in [1.29, 1.82) is 0 Å². The van der Waals surface area contributed by atoms with E-state index >= 15 is 0 Å². The molecule has 0 aliphatic heterocycles. The fourth-order valence-corrected chi connectivity index (χ4v) is 2.84. The van der Waals surface area contributed by atoms with E-state index in [-0.39, 0.29) is 5.78 Å². The van der Waals surface area contributed by atoms with Crippen molar-refractivity contribution in [3.05, 3.63) is 21.8 Å². The number of hydrogen-bond donors (Lipinski definition) is 0. The minimum atomic E-state index is 0.180. The van der Waals surface area contributed by atoms with Crippen molar-refractivity contribution in [2.45, 2.75) is 33.1 Å². The van der Waals surface area contributed by atoms with Crippen LogP contribution in [0.4, 0.5) is 0 Å². The van der Waals surface area contributed by atoms with Gasteiger partial charge in [0.1, 0.15) is 0 Å². The van der Waals surface area contributed by atoms with E-state index in [9.17, 15) is 4.79 Å². The average molecular weight is 304 g/mol. The molecule has 14 heavy (non-hydrogen) atoms. The van der Waals surface area contributed by atoms with E-state index in [1.165, 1.54) is 28.1 Å². The molecule has 0 bridgehead atoms. The second kappa shape index (κ2) is 5.10. The summed E-state index contributed by atoms with van der Waals surface area (Å²) in [5, 5.41) is 0. The maximum Gasteiger partial charge on any atom is 0.155 e. The summed E-state index contributed by atoms with van der Waals surface area (Å²) in [5.74, 6) is 1.30. The first-order chi connectivity index (χ1) is 6.56. The number of rotatable bonds is 3. The minimum Gasteiger partial charge on any atom is -0.295 e. The molecular weight excluding hydrogens is 287 g/mol. The molecule has 1 aliphatic carbocycles. The first-order valence-corrected chi connectivity index (χ1v) is 6.14. The van der Waals surface area contributed by atoms with Crippen LogP contribution in [-0.2, 0) is 4.79 Å². The van der Waals surface area contributed by atoms with E-state index in [0.29, 0.717) is 18.3 Å². The van der Waals surface area contributed by atoms with E-state index in [2.05, 4.69) is 43.0 Å². The van der Waals surface area contributed by atoms with Crippen molar-refractivity contribution in [3.8, 4) is 0 Å². The lowest BCUT2D eigenvalue weighted by Crippen LogP contribution is -2.11. The zero-order valence-corrected chi connectivity index (χ0v) is 11.0. The number of ketones is 1. The van der Waals surface area contributed by atoms with Crippen LogP contribution in [0.15, 0.2) is 21.8 Å². The molecule has 78 valence electrons. The van der Waals surface area contributed by atoms with Gasteiger partial charge in [-0.25, -0.2) is 0 Å². The summed E-state index contributed by atoms with van der Waals surface area (Å²) in [6, 6.07) is 0. The Bertz CT molecular complexity index is 274. The minimum absolute atomic E-state index is 0.180. The van der Waals surface area contributed by atoms with Gasteiger partial charge in [0.25, 0.3) is 0 Å². The van der Waals surface area contributed by atoms with Crippen LogP contribution in [-0.4, -0.2) is 5.78 Å². The largest absolute Gasteiger partial charge is 0.295 e. The summed E-state index contributed by atoms with van der Waals surface area (Å²) in [4.78, 5) is 11.3. The van der Waals surface area contributed by atoms with E-state index in [0.717, 1.165) is 0 Å². The molecule has 0 heterocycles. The predicted octanol–water partition coefficient (Wildman–Crippen LogP) is 3.89. The monoisotopic (exact) mass is 304 g/mol. The van der Waals surface area contributed by atoms with Gasteiger partial charge >= 0.3 is 0 Å². The van der Waals surface area contributed by atoms with Gasteiger partial charge in [-0.1, -0.05) is 19.1 Å². The summed E-state index contributed by atoms with van der Waals surface area (Å²) < 4.78 is 1.37. The van der Waals surface area contributed by atoms with E-state index in [1.807, 2.05) is 0 Å². The molecule has 0 aromatic rings. The molecule has 0 spiro atoms. The van der Waals surface area contributed by atoms with Gasteiger partial charge in [0.15, 0.2) is 5.78 Å². The molecule has 2 heteroatoms. The Morgan fingerprint density at radius 1 is 1.71 bits per heavy atom. The highest BCUT2D eigenvalue weighted by atomic mass is 127. The smallest absolute Gasteiger partial charge is 0.155 e. The Kier molecular flexibility index (Phi) is 4.35. The zero-order chi connectivity index (χ0) is 10.7. The Labute approximate surface area is 99.8 Å². The molecule has 1 aliphatic rings. The summed E-state index contributed by atoms with van der Waals surface area (Å²) in [6.45, 7) is 7.91. The number of carbonyl (C=O) groups excluding carboxylic acids is 1. The third-order valence-corrected chi connectivity index (χ3v) is 3.79. The molecule has 1 rings (SSSR count). The molecule has 0 aromatic heterocycles. The van der Waals surface area contributed by atoms with E-state index in [1.54, 1.807) is 0 Å². The molecular formula is C12H17IO. The van der Waals surface area contributed by atoms with Gasteiger partial charge < -0.3 is 0 Å². The van der Waals surface area contributed by atoms with Crippen LogP contribution < -0.4 is 0 Å². The lowest BCUT2D eigenvalue weighted by atomic mass is 9.89. The molecule has 0 aromatic carbocycles. The third-order valence-electron chi connectivity index (χ3n) is 3.09. The number of carbonyl (C=O) groups is 1. The van der Waals surface area contributed by atoms with Gasteiger partial charge in [-0.05, 0) is 63.8 Å². The fraction of sp³-hybridized carbons (Fsp3) is 0.583. The second-order valence-electron chi connectivity index (χ2n) is 4.06. The number of allylic oxidation sites excluding steroid dienone is 3. The topological polar surface area (TPSA) is 17.1 Å². The lowest BCUT2D eigenvalue weighted by Gasteiger charge is -2.16. The first kappa shape index (κ1) is 12.0. The van der Waals surface area contributed by atoms with E-state index < -0.39 is 0 Å². The molecule has 1 fully saturated rings.